The summed E-state index contributed by atoms with van der Waals surface area (Å²) in [4.78, 5) is 0. The molecule has 6 rings (SSSR count). The Hall–Kier alpha value is -4.52. The molecule has 0 saturated carbocycles. The molecule has 0 heterocycles. The van der Waals surface area contributed by atoms with Crippen molar-refractivity contribution in [2.75, 3.05) is 0 Å². The fraction of sp³-hybridized carbons (Fsp3) is 0.308. The van der Waals surface area contributed by atoms with E-state index in [0.29, 0.717) is 42.3 Å². The van der Waals surface area contributed by atoms with Crippen LogP contribution in [-0.4, -0.2) is 20.4 Å². The summed E-state index contributed by atoms with van der Waals surface area (Å²) in [6, 6.07) is 32.2. The summed E-state index contributed by atoms with van der Waals surface area (Å²) >= 11 is 7.16. The molecule has 6 aromatic rings. The first kappa shape index (κ1) is 43.1. The average Bonchev–Trinajstić information content (AvgIpc) is 3.12. The molecule has 0 radical (unpaired) electrons. The highest BCUT2D eigenvalue weighted by molar-refractivity contribution is 9.11. The summed E-state index contributed by atoms with van der Waals surface area (Å²) < 4.78 is 1.15. The molecular formula is C52H56Br2O4. The maximum absolute atomic E-state index is 12.1. The van der Waals surface area contributed by atoms with Crippen LogP contribution in [-0.2, 0) is 21.7 Å². The fourth-order valence-corrected chi connectivity index (χ4v) is 8.11. The van der Waals surface area contributed by atoms with Gasteiger partial charge in [-0.15, -0.1) is 0 Å². The minimum absolute atomic E-state index is 0.0811. The lowest BCUT2D eigenvalue weighted by Gasteiger charge is -2.25. The van der Waals surface area contributed by atoms with Crippen molar-refractivity contribution in [2.45, 2.75) is 105 Å². The number of phenols is 4. The number of hydrogen-bond donors (Lipinski definition) is 4. The highest BCUT2D eigenvalue weighted by Crippen LogP contribution is 2.50. The second-order valence-electron chi connectivity index (χ2n) is 19.7. The van der Waals surface area contributed by atoms with E-state index in [1.54, 1.807) is 0 Å². The van der Waals surface area contributed by atoms with Gasteiger partial charge in [0.2, 0.25) is 0 Å². The van der Waals surface area contributed by atoms with Crippen LogP contribution in [0.5, 0.6) is 23.0 Å². The summed E-state index contributed by atoms with van der Waals surface area (Å²) in [5.74, 6) is 0.346. The Labute approximate surface area is 361 Å². The van der Waals surface area contributed by atoms with E-state index in [-0.39, 0.29) is 44.7 Å². The average molecular weight is 905 g/mol. The van der Waals surface area contributed by atoms with Gasteiger partial charge >= 0.3 is 0 Å². The number of rotatable bonds is 5. The third-order valence-corrected chi connectivity index (χ3v) is 12.3. The molecule has 0 atom stereocenters. The van der Waals surface area contributed by atoms with Crippen molar-refractivity contribution in [2.24, 2.45) is 0 Å². The van der Waals surface area contributed by atoms with E-state index in [0.717, 1.165) is 44.5 Å². The van der Waals surface area contributed by atoms with Crippen LogP contribution in [0.2, 0.25) is 0 Å². The van der Waals surface area contributed by atoms with Crippen molar-refractivity contribution in [1.82, 2.24) is 0 Å². The molecule has 0 saturated heterocycles. The van der Waals surface area contributed by atoms with Crippen molar-refractivity contribution >= 4 is 31.9 Å². The van der Waals surface area contributed by atoms with Gasteiger partial charge in [0.15, 0.2) is 0 Å². The van der Waals surface area contributed by atoms with Crippen molar-refractivity contribution < 1.29 is 20.4 Å². The van der Waals surface area contributed by atoms with Crippen LogP contribution in [0.4, 0.5) is 0 Å². The normalized spacial score (nSPS) is 12.6. The van der Waals surface area contributed by atoms with Crippen molar-refractivity contribution in [3.8, 4) is 78.6 Å². The number of phenolic OH excluding ortho intramolecular Hbond substituents is 4. The topological polar surface area (TPSA) is 80.9 Å². The molecule has 4 N–H and O–H groups in total. The van der Waals surface area contributed by atoms with Crippen LogP contribution >= 0.6 is 31.9 Å². The van der Waals surface area contributed by atoms with Gasteiger partial charge in [0, 0.05) is 33.4 Å². The second kappa shape index (κ2) is 15.3. The first-order valence-corrected chi connectivity index (χ1v) is 21.4. The van der Waals surface area contributed by atoms with Gasteiger partial charge in [-0.25, -0.2) is 0 Å². The highest BCUT2D eigenvalue weighted by atomic mass is 79.9. The molecule has 0 aliphatic heterocycles. The molecule has 0 bridgehead atoms. The molecular weight excluding hydrogens is 848 g/mol. The van der Waals surface area contributed by atoms with E-state index in [9.17, 15) is 20.4 Å². The summed E-state index contributed by atoms with van der Waals surface area (Å²) in [6.45, 7) is 25.7. The summed E-state index contributed by atoms with van der Waals surface area (Å²) in [6.07, 6.45) is 0. The monoisotopic (exact) mass is 902 g/mol. The quantitative estimate of drug-likeness (QED) is 0.139. The van der Waals surface area contributed by atoms with Crippen LogP contribution < -0.4 is 0 Å². The largest absolute Gasteiger partial charge is 0.507 e. The molecule has 4 nitrogen and oxygen atoms in total. The molecule has 0 aliphatic rings. The Morgan fingerprint density at radius 1 is 0.310 bits per heavy atom. The van der Waals surface area contributed by atoms with Gasteiger partial charge in [0.1, 0.15) is 23.0 Å². The third-order valence-electron chi connectivity index (χ3n) is 11.1. The van der Waals surface area contributed by atoms with Crippen LogP contribution in [0.3, 0.4) is 0 Å². The number of benzene rings is 6. The highest BCUT2D eigenvalue weighted by Gasteiger charge is 2.27. The van der Waals surface area contributed by atoms with Gasteiger partial charge in [-0.3, -0.25) is 0 Å². The second-order valence-corrected chi connectivity index (χ2v) is 21.4. The lowest BCUT2D eigenvalue weighted by atomic mass is 9.81. The Morgan fingerprint density at radius 3 is 0.845 bits per heavy atom. The van der Waals surface area contributed by atoms with Gasteiger partial charge in [-0.1, -0.05) is 119 Å². The van der Waals surface area contributed by atoms with E-state index < -0.39 is 0 Å². The van der Waals surface area contributed by atoms with E-state index in [2.05, 4.69) is 127 Å². The summed E-state index contributed by atoms with van der Waals surface area (Å²) in [7, 11) is 0. The molecule has 0 aliphatic carbocycles. The van der Waals surface area contributed by atoms with Crippen LogP contribution in [0.1, 0.15) is 105 Å². The molecule has 0 aromatic heterocycles. The Morgan fingerprint density at radius 2 is 0.552 bits per heavy atom. The van der Waals surface area contributed by atoms with E-state index in [1.807, 2.05) is 84.9 Å². The molecule has 6 heteroatoms. The Balaban J connectivity index is 1.52. The zero-order valence-corrected chi connectivity index (χ0v) is 39.0. The van der Waals surface area contributed by atoms with Gasteiger partial charge in [0.25, 0.3) is 0 Å². The minimum atomic E-state index is -0.249. The lowest BCUT2D eigenvalue weighted by molar-refractivity contribution is 0.466. The molecule has 0 spiro atoms. The van der Waals surface area contributed by atoms with Crippen molar-refractivity contribution in [3.05, 3.63) is 128 Å². The molecule has 58 heavy (non-hydrogen) atoms. The molecule has 0 amide bonds. The van der Waals surface area contributed by atoms with E-state index >= 15 is 0 Å². The number of halogens is 2. The molecule has 6 aromatic carbocycles. The predicted octanol–water partition coefficient (Wildman–Crippen LogP) is 15.6. The van der Waals surface area contributed by atoms with E-state index in [4.69, 9.17) is 0 Å². The first-order chi connectivity index (χ1) is 26.8. The Kier molecular flexibility index (Phi) is 11.3. The maximum Gasteiger partial charge on any atom is 0.137 e. The molecule has 0 unspecified atom stereocenters. The third kappa shape index (κ3) is 8.60. The van der Waals surface area contributed by atoms with Gasteiger partial charge in [-0.05, 0) is 159 Å². The van der Waals surface area contributed by atoms with Crippen LogP contribution in [0.15, 0.2) is 106 Å². The van der Waals surface area contributed by atoms with Gasteiger partial charge in [-0.2, -0.15) is 0 Å². The molecule has 302 valence electrons. The lowest BCUT2D eigenvalue weighted by Crippen LogP contribution is -2.12. The fourth-order valence-electron chi connectivity index (χ4n) is 7.19. The smallest absolute Gasteiger partial charge is 0.137 e. The summed E-state index contributed by atoms with van der Waals surface area (Å²) in [5.41, 5.74) is 10.4. The predicted molar refractivity (Wildman–Crippen MR) is 250 cm³/mol. The SMILES string of the molecule is CC(C)(C)c1cc(Br)c(O)c(-c2cc(C(C)(C)C)cc(-c3cccc(-c4cccc(-c5cc(C(C)(C)C)cc(-c6cc(C(C)(C)C)cc(Br)c6O)c5O)c4)c3)c2O)c1. The number of hydrogen-bond acceptors (Lipinski definition) is 4. The minimum Gasteiger partial charge on any atom is -0.507 e. The van der Waals surface area contributed by atoms with Crippen molar-refractivity contribution in [3.63, 3.8) is 0 Å². The number of aromatic hydroxyl groups is 4. The maximum atomic E-state index is 12.1. The zero-order chi connectivity index (χ0) is 42.9. The molecule has 0 fully saturated rings. The van der Waals surface area contributed by atoms with Gasteiger partial charge < -0.3 is 20.4 Å². The standard InChI is InChI=1S/C52H56Br2O4/c1-49(2,3)33-21-37(45(55)39(23-33)41-25-35(51(7,8)9)27-43(53)47(41)57)31-17-13-15-29(19-31)30-16-14-18-32(20-30)38-22-34(50(4,5)6)24-40(46(38)56)42-26-36(52(10,11)12)28-44(54)48(42)58/h13-28,55-58H,1-12H3. The summed E-state index contributed by atoms with van der Waals surface area (Å²) in [5, 5.41) is 47.0. The van der Waals surface area contributed by atoms with Gasteiger partial charge in [0.05, 0.1) is 8.95 Å². The Bertz CT molecular complexity index is 2380. The first-order valence-electron chi connectivity index (χ1n) is 19.8. The van der Waals surface area contributed by atoms with Crippen molar-refractivity contribution in [1.29, 1.82) is 0 Å². The van der Waals surface area contributed by atoms with E-state index in [1.165, 1.54) is 0 Å². The van der Waals surface area contributed by atoms with Crippen LogP contribution in [0, 0.1) is 0 Å². The van der Waals surface area contributed by atoms with Crippen LogP contribution in [0.25, 0.3) is 55.6 Å². The zero-order valence-electron chi connectivity index (χ0n) is 35.8.